The van der Waals surface area contributed by atoms with Crippen molar-refractivity contribution in [1.29, 1.82) is 0 Å². The van der Waals surface area contributed by atoms with E-state index in [1.54, 1.807) is 12.1 Å². The lowest BCUT2D eigenvalue weighted by atomic mass is 10.1. The summed E-state index contributed by atoms with van der Waals surface area (Å²) in [6, 6.07) is 4.41. The molecule has 0 unspecified atom stereocenters. The van der Waals surface area contributed by atoms with Crippen LogP contribution in [0.15, 0.2) is 18.2 Å². The smallest absolute Gasteiger partial charge is 0.162 e. The number of hydrogen-bond acceptors (Lipinski definition) is 2. The molecular formula is C14H20F2N2. The van der Waals surface area contributed by atoms with Crippen LogP contribution >= 0.6 is 0 Å². The summed E-state index contributed by atoms with van der Waals surface area (Å²) in [5.74, 6) is -1.42. The molecule has 0 bridgehead atoms. The molecule has 100 valence electrons. The molecule has 0 atom stereocenters. The van der Waals surface area contributed by atoms with Crippen LogP contribution in [-0.4, -0.2) is 37.6 Å². The number of hydrogen-bond donors (Lipinski definition) is 1. The summed E-state index contributed by atoms with van der Waals surface area (Å²) in [5, 5.41) is 3.31. The topological polar surface area (TPSA) is 15.3 Å². The van der Waals surface area contributed by atoms with E-state index in [0.29, 0.717) is 12.0 Å². The third-order valence-electron chi connectivity index (χ3n) is 3.41. The van der Waals surface area contributed by atoms with Crippen LogP contribution in [-0.2, 0) is 6.42 Å². The van der Waals surface area contributed by atoms with E-state index in [9.17, 15) is 8.78 Å². The van der Waals surface area contributed by atoms with Crippen molar-refractivity contribution in [2.45, 2.75) is 19.3 Å². The first-order chi connectivity index (χ1) is 8.77. The van der Waals surface area contributed by atoms with Crippen LogP contribution in [0.25, 0.3) is 0 Å². The van der Waals surface area contributed by atoms with E-state index in [1.165, 1.54) is 6.07 Å². The Labute approximate surface area is 107 Å². The number of aryl methyl sites for hydroxylation is 1. The summed E-state index contributed by atoms with van der Waals surface area (Å²) in [7, 11) is 0. The summed E-state index contributed by atoms with van der Waals surface area (Å²) in [5.41, 5.74) is 0.496. The lowest BCUT2D eigenvalue weighted by Gasteiger charge is -2.27. The number of unbranched alkanes of at least 4 members (excludes halogenated alkanes) is 1. The molecule has 4 heteroatoms. The van der Waals surface area contributed by atoms with Gasteiger partial charge in [0, 0.05) is 26.2 Å². The molecule has 0 saturated carbocycles. The van der Waals surface area contributed by atoms with E-state index in [4.69, 9.17) is 0 Å². The van der Waals surface area contributed by atoms with Gasteiger partial charge < -0.3 is 10.2 Å². The van der Waals surface area contributed by atoms with Gasteiger partial charge in [0.2, 0.25) is 0 Å². The molecular weight excluding hydrogens is 234 g/mol. The second-order valence-electron chi connectivity index (χ2n) is 4.76. The Kier molecular flexibility index (Phi) is 5.08. The zero-order chi connectivity index (χ0) is 12.8. The highest BCUT2D eigenvalue weighted by Crippen LogP contribution is 2.14. The lowest BCUT2D eigenvalue weighted by molar-refractivity contribution is 0.236. The standard InChI is InChI=1S/C14H20F2N2/c15-13-6-3-5-12(14(13)16)4-1-2-9-18-10-7-17-8-11-18/h3,5-6,17H,1-2,4,7-11H2. The third-order valence-corrected chi connectivity index (χ3v) is 3.41. The van der Waals surface area contributed by atoms with Crippen molar-refractivity contribution < 1.29 is 8.78 Å². The van der Waals surface area contributed by atoms with Gasteiger partial charge in [-0.05, 0) is 37.4 Å². The maximum Gasteiger partial charge on any atom is 0.162 e. The Bertz CT molecular complexity index is 376. The fourth-order valence-corrected chi connectivity index (χ4v) is 2.33. The molecule has 1 fully saturated rings. The SMILES string of the molecule is Fc1cccc(CCCCN2CCNCC2)c1F. The van der Waals surface area contributed by atoms with E-state index in [2.05, 4.69) is 10.2 Å². The lowest BCUT2D eigenvalue weighted by Crippen LogP contribution is -2.43. The highest BCUT2D eigenvalue weighted by Gasteiger charge is 2.10. The van der Waals surface area contributed by atoms with Crippen molar-refractivity contribution in [2.75, 3.05) is 32.7 Å². The molecule has 0 spiro atoms. The number of nitrogens with zero attached hydrogens (tertiary/aromatic N) is 1. The van der Waals surface area contributed by atoms with Crippen molar-refractivity contribution in [1.82, 2.24) is 10.2 Å². The summed E-state index contributed by atoms with van der Waals surface area (Å²) in [6.45, 7) is 5.35. The maximum absolute atomic E-state index is 13.4. The molecule has 1 saturated heterocycles. The van der Waals surface area contributed by atoms with Crippen molar-refractivity contribution in [2.24, 2.45) is 0 Å². The molecule has 2 rings (SSSR count). The monoisotopic (exact) mass is 254 g/mol. The predicted molar refractivity (Wildman–Crippen MR) is 68.6 cm³/mol. The van der Waals surface area contributed by atoms with Crippen LogP contribution in [0, 0.1) is 11.6 Å². The first kappa shape index (κ1) is 13.4. The first-order valence-corrected chi connectivity index (χ1v) is 6.63. The fourth-order valence-electron chi connectivity index (χ4n) is 2.33. The van der Waals surface area contributed by atoms with Gasteiger partial charge in [-0.1, -0.05) is 12.1 Å². The van der Waals surface area contributed by atoms with Crippen molar-refractivity contribution in [3.05, 3.63) is 35.4 Å². The van der Waals surface area contributed by atoms with Gasteiger partial charge in [0.05, 0.1) is 0 Å². The van der Waals surface area contributed by atoms with Crippen LogP contribution in [0.4, 0.5) is 8.78 Å². The summed E-state index contributed by atoms with van der Waals surface area (Å²) < 4.78 is 26.4. The minimum absolute atomic E-state index is 0.496. The molecule has 0 radical (unpaired) electrons. The second kappa shape index (κ2) is 6.81. The van der Waals surface area contributed by atoms with Gasteiger partial charge in [-0.25, -0.2) is 8.78 Å². The van der Waals surface area contributed by atoms with Gasteiger partial charge in [0.25, 0.3) is 0 Å². The highest BCUT2D eigenvalue weighted by atomic mass is 19.2. The fraction of sp³-hybridized carbons (Fsp3) is 0.571. The molecule has 1 aliphatic heterocycles. The Morgan fingerprint density at radius 1 is 1.11 bits per heavy atom. The van der Waals surface area contributed by atoms with Gasteiger partial charge in [0.15, 0.2) is 11.6 Å². The number of halogens is 2. The van der Waals surface area contributed by atoms with E-state index in [-0.39, 0.29) is 0 Å². The van der Waals surface area contributed by atoms with Crippen LogP contribution in [0.3, 0.4) is 0 Å². The average Bonchev–Trinajstić information content (AvgIpc) is 2.40. The first-order valence-electron chi connectivity index (χ1n) is 6.63. The third kappa shape index (κ3) is 3.75. The summed E-state index contributed by atoms with van der Waals surface area (Å²) in [4.78, 5) is 2.42. The number of nitrogens with one attached hydrogen (secondary N) is 1. The zero-order valence-electron chi connectivity index (χ0n) is 10.6. The Hall–Kier alpha value is -1.00. The van der Waals surface area contributed by atoms with Gasteiger partial charge in [0.1, 0.15) is 0 Å². The second-order valence-corrected chi connectivity index (χ2v) is 4.76. The molecule has 1 heterocycles. The number of benzene rings is 1. The van der Waals surface area contributed by atoms with Crippen molar-refractivity contribution >= 4 is 0 Å². The minimum atomic E-state index is -0.741. The molecule has 2 nitrogen and oxygen atoms in total. The van der Waals surface area contributed by atoms with E-state index >= 15 is 0 Å². The zero-order valence-corrected chi connectivity index (χ0v) is 10.6. The largest absolute Gasteiger partial charge is 0.314 e. The van der Waals surface area contributed by atoms with Gasteiger partial charge >= 0.3 is 0 Å². The molecule has 18 heavy (non-hydrogen) atoms. The minimum Gasteiger partial charge on any atom is -0.314 e. The van der Waals surface area contributed by atoms with Gasteiger partial charge in [-0.15, -0.1) is 0 Å². The van der Waals surface area contributed by atoms with Crippen molar-refractivity contribution in [3.8, 4) is 0 Å². The highest BCUT2D eigenvalue weighted by molar-refractivity contribution is 5.18. The molecule has 1 aromatic rings. The van der Waals surface area contributed by atoms with E-state index in [1.807, 2.05) is 0 Å². The Balaban J connectivity index is 1.70. The molecule has 0 aliphatic carbocycles. The molecule has 1 aliphatic rings. The normalized spacial score (nSPS) is 17.0. The van der Waals surface area contributed by atoms with Gasteiger partial charge in [-0.3, -0.25) is 0 Å². The quantitative estimate of drug-likeness (QED) is 0.810. The number of rotatable bonds is 5. The molecule has 0 aromatic heterocycles. The van der Waals surface area contributed by atoms with E-state index in [0.717, 1.165) is 45.6 Å². The Morgan fingerprint density at radius 2 is 1.89 bits per heavy atom. The van der Waals surface area contributed by atoms with E-state index < -0.39 is 11.6 Å². The van der Waals surface area contributed by atoms with Crippen LogP contribution < -0.4 is 5.32 Å². The summed E-state index contributed by atoms with van der Waals surface area (Å²) in [6.07, 6.45) is 2.57. The Morgan fingerprint density at radius 3 is 2.67 bits per heavy atom. The maximum atomic E-state index is 13.4. The van der Waals surface area contributed by atoms with Crippen molar-refractivity contribution in [3.63, 3.8) is 0 Å². The van der Waals surface area contributed by atoms with Crippen LogP contribution in [0.1, 0.15) is 18.4 Å². The predicted octanol–water partition coefficient (Wildman–Crippen LogP) is 2.19. The number of piperazine rings is 1. The summed E-state index contributed by atoms with van der Waals surface area (Å²) >= 11 is 0. The molecule has 0 amide bonds. The van der Waals surface area contributed by atoms with Crippen LogP contribution in [0.2, 0.25) is 0 Å². The van der Waals surface area contributed by atoms with Gasteiger partial charge in [-0.2, -0.15) is 0 Å². The van der Waals surface area contributed by atoms with Crippen LogP contribution in [0.5, 0.6) is 0 Å². The molecule has 1 aromatic carbocycles. The average molecular weight is 254 g/mol. The molecule has 1 N–H and O–H groups in total.